The molecule has 1 heterocycles. The van der Waals surface area contributed by atoms with Gasteiger partial charge in [-0.05, 0) is 34.6 Å². The predicted octanol–water partition coefficient (Wildman–Crippen LogP) is 1.73. The second-order valence-corrected chi connectivity index (χ2v) is 6.45. The van der Waals surface area contributed by atoms with Crippen molar-refractivity contribution in [2.75, 3.05) is 19.8 Å². The molecular weight excluding hydrogens is 250 g/mol. The second kappa shape index (κ2) is 5.36. The molecule has 0 aromatic carbocycles. The van der Waals surface area contributed by atoms with E-state index >= 15 is 0 Å². The Kier molecular flexibility index (Phi) is 4.45. The van der Waals surface area contributed by atoms with Crippen molar-refractivity contribution in [2.24, 2.45) is 5.92 Å². The number of carbonyl (C=O) groups excluding carboxylic acids is 1. The largest absolute Gasteiger partial charge is 0.481 e. The highest BCUT2D eigenvalue weighted by Gasteiger charge is 2.39. The molecule has 1 rings (SSSR count). The number of hydrogen-bond donors (Lipinski definition) is 1. The summed E-state index contributed by atoms with van der Waals surface area (Å²) in [6.45, 7) is 9.50. The molecule has 0 saturated carbocycles. The lowest BCUT2D eigenvalue weighted by molar-refractivity contribution is -0.143. The number of aliphatic carboxylic acids is 1. The highest BCUT2D eigenvalue weighted by molar-refractivity contribution is 5.73. The van der Waals surface area contributed by atoms with Crippen molar-refractivity contribution in [3.05, 3.63) is 0 Å². The first kappa shape index (κ1) is 15.8. The van der Waals surface area contributed by atoms with Crippen molar-refractivity contribution in [1.82, 2.24) is 4.90 Å². The predicted molar refractivity (Wildman–Crippen MR) is 69.0 cm³/mol. The van der Waals surface area contributed by atoms with Crippen LogP contribution in [-0.4, -0.2) is 53.0 Å². The molecule has 1 unspecified atom stereocenters. The topological polar surface area (TPSA) is 76.1 Å². The maximum atomic E-state index is 12.2. The molecule has 6 heteroatoms. The van der Waals surface area contributed by atoms with Crippen LogP contribution in [0.2, 0.25) is 0 Å². The van der Waals surface area contributed by atoms with Gasteiger partial charge in [0.1, 0.15) is 5.60 Å². The first-order chi connectivity index (χ1) is 8.53. The van der Waals surface area contributed by atoms with E-state index in [0.29, 0.717) is 0 Å². The SMILES string of the molecule is CC(C)(C)OC(=O)N1CC(C(=O)O)COCC1(C)C. The van der Waals surface area contributed by atoms with E-state index in [1.807, 2.05) is 13.8 Å². The summed E-state index contributed by atoms with van der Waals surface area (Å²) in [5.41, 5.74) is -1.20. The number of carbonyl (C=O) groups is 2. The Morgan fingerprint density at radius 1 is 1.37 bits per heavy atom. The number of nitrogens with zero attached hydrogens (tertiary/aromatic N) is 1. The van der Waals surface area contributed by atoms with Gasteiger partial charge in [-0.3, -0.25) is 9.69 Å². The number of ether oxygens (including phenoxy) is 2. The zero-order chi connectivity index (χ0) is 14.8. The van der Waals surface area contributed by atoms with Crippen molar-refractivity contribution in [3.8, 4) is 0 Å². The molecule has 0 bridgehead atoms. The molecule has 1 atom stereocenters. The average Bonchev–Trinajstić information content (AvgIpc) is 2.33. The summed E-state index contributed by atoms with van der Waals surface area (Å²) < 4.78 is 10.7. The van der Waals surface area contributed by atoms with E-state index in [2.05, 4.69) is 0 Å². The lowest BCUT2D eigenvalue weighted by Gasteiger charge is -2.37. The molecule has 19 heavy (non-hydrogen) atoms. The maximum absolute atomic E-state index is 12.2. The molecule has 0 aliphatic carbocycles. The molecule has 0 radical (unpaired) electrons. The number of rotatable bonds is 1. The summed E-state index contributed by atoms with van der Waals surface area (Å²) in [7, 11) is 0. The Bertz CT molecular complexity index is 359. The third-order valence-electron chi connectivity index (χ3n) is 2.87. The highest BCUT2D eigenvalue weighted by atomic mass is 16.6. The fourth-order valence-corrected chi connectivity index (χ4v) is 1.84. The number of carboxylic acids is 1. The monoisotopic (exact) mass is 273 g/mol. The Labute approximate surface area is 113 Å². The zero-order valence-corrected chi connectivity index (χ0v) is 12.2. The van der Waals surface area contributed by atoms with Crippen molar-refractivity contribution < 1.29 is 24.2 Å². The third-order valence-corrected chi connectivity index (χ3v) is 2.87. The molecule has 0 spiro atoms. The van der Waals surface area contributed by atoms with Gasteiger partial charge < -0.3 is 14.6 Å². The smallest absolute Gasteiger partial charge is 0.410 e. The quantitative estimate of drug-likeness (QED) is 0.787. The van der Waals surface area contributed by atoms with Crippen LogP contribution in [-0.2, 0) is 14.3 Å². The maximum Gasteiger partial charge on any atom is 0.410 e. The van der Waals surface area contributed by atoms with E-state index in [4.69, 9.17) is 14.6 Å². The molecule has 1 N–H and O–H groups in total. The van der Waals surface area contributed by atoms with E-state index in [-0.39, 0.29) is 19.8 Å². The van der Waals surface area contributed by atoms with Crippen LogP contribution < -0.4 is 0 Å². The van der Waals surface area contributed by atoms with Crippen LogP contribution in [0.1, 0.15) is 34.6 Å². The summed E-state index contributed by atoms with van der Waals surface area (Å²) in [4.78, 5) is 24.8. The zero-order valence-electron chi connectivity index (χ0n) is 12.2. The molecule has 1 aliphatic heterocycles. The van der Waals surface area contributed by atoms with E-state index in [1.165, 1.54) is 4.90 Å². The van der Waals surface area contributed by atoms with Gasteiger partial charge >= 0.3 is 12.1 Å². The number of carboxylic acid groups (broad SMARTS) is 1. The highest BCUT2D eigenvalue weighted by Crippen LogP contribution is 2.24. The Balaban J connectivity index is 2.90. The van der Waals surface area contributed by atoms with Crippen LogP contribution in [0, 0.1) is 5.92 Å². The molecule has 0 aromatic heterocycles. The van der Waals surface area contributed by atoms with E-state index in [9.17, 15) is 9.59 Å². The van der Waals surface area contributed by atoms with Crippen molar-refractivity contribution >= 4 is 12.1 Å². The van der Waals surface area contributed by atoms with E-state index in [0.717, 1.165) is 0 Å². The molecule has 1 fully saturated rings. The van der Waals surface area contributed by atoms with Crippen LogP contribution in [0.5, 0.6) is 0 Å². The summed E-state index contributed by atoms with van der Waals surface area (Å²) in [5, 5.41) is 9.11. The molecule has 0 aromatic rings. The standard InChI is InChI=1S/C13H23NO5/c1-12(2,3)19-11(17)14-6-9(10(15)16)7-18-8-13(14,4)5/h9H,6-8H2,1-5H3,(H,15,16). The fourth-order valence-electron chi connectivity index (χ4n) is 1.84. The number of amides is 1. The third kappa shape index (κ3) is 4.38. The minimum Gasteiger partial charge on any atom is -0.481 e. The van der Waals surface area contributed by atoms with E-state index < -0.39 is 29.1 Å². The first-order valence-electron chi connectivity index (χ1n) is 6.34. The normalized spacial score (nSPS) is 23.6. The average molecular weight is 273 g/mol. The Morgan fingerprint density at radius 2 is 1.95 bits per heavy atom. The van der Waals surface area contributed by atoms with Gasteiger partial charge in [-0.15, -0.1) is 0 Å². The van der Waals surface area contributed by atoms with Crippen molar-refractivity contribution in [2.45, 2.75) is 45.8 Å². The van der Waals surface area contributed by atoms with Gasteiger partial charge in [-0.2, -0.15) is 0 Å². The molecular formula is C13H23NO5. The molecule has 110 valence electrons. The van der Waals surface area contributed by atoms with Crippen LogP contribution in [0.3, 0.4) is 0 Å². The fraction of sp³-hybridized carbons (Fsp3) is 0.846. The van der Waals surface area contributed by atoms with Crippen LogP contribution in [0.25, 0.3) is 0 Å². The molecule has 1 amide bonds. The van der Waals surface area contributed by atoms with Crippen LogP contribution >= 0.6 is 0 Å². The lowest BCUT2D eigenvalue weighted by Crippen LogP contribution is -2.52. The summed E-state index contributed by atoms with van der Waals surface area (Å²) >= 11 is 0. The van der Waals surface area contributed by atoms with Crippen molar-refractivity contribution in [3.63, 3.8) is 0 Å². The Hall–Kier alpha value is -1.30. The van der Waals surface area contributed by atoms with Gasteiger partial charge in [0, 0.05) is 6.54 Å². The summed E-state index contributed by atoms with van der Waals surface area (Å²) in [5.74, 6) is -1.69. The van der Waals surface area contributed by atoms with Crippen molar-refractivity contribution in [1.29, 1.82) is 0 Å². The number of hydrogen-bond acceptors (Lipinski definition) is 4. The minimum absolute atomic E-state index is 0.0945. The second-order valence-electron chi connectivity index (χ2n) is 6.45. The van der Waals surface area contributed by atoms with Gasteiger partial charge in [0.15, 0.2) is 0 Å². The first-order valence-corrected chi connectivity index (χ1v) is 6.34. The lowest BCUT2D eigenvalue weighted by atomic mass is 10.0. The van der Waals surface area contributed by atoms with Crippen LogP contribution in [0.15, 0.2) is 0 Å². The van der Waals surface area contributed by atoms with E-state index in [1.54, 1.807) is 20.8 Å². The van der Waals surface area contributed by atoms with Gasteiger partial charge in [-0.1, -0.05) is 0 Å². The summed E-state index contributed by atoms with van der Waals surface area (Å²) in [6.07, 6.45) is -0.505. The minimum atomic E-state index is -0.966. The molecule has 1 aliphatic rings. The van der Waals surface area contributed by atoms with Crippen LogP contribution in [0.4, 0.5) is 4.79 Å². The van der Waals surface area contributed by atoms with Gasteiger partial charge in [-0.25, -0.2) is 4.79 Å². The summed E-state index contributed by atoms with van der Waals surface area (Å²) in [6, 6.07) is 0. The molecule has 1 saturated heterocycles. The van der Waals surface area contributed by atoms with Gasteiger partial charge in [0.25, 0.3) is 0 Å². The Morgan fingerprint density at radius 3 is 2.42 bits per heavy atom. The van der Waals surface area contributed by atoms with Gasteiger partial charge in [0.2, 0.25) is 0 Å². The van der Waals surface area contributed by atoms with Gasteiger partial charge in [0.05, 0.1) is 24.7 Å². The molecule has 6 nitrogen and oxygen atoms in total.